The number of aromatic nitrogens is 1. The molecule has 0 aliphatic heterocycles. The molecule has 4 heteroatoms. The fourth-order valence-corrected chi connectivity index (χ4v) is 2.04. The van der Waals surface area contributed by atoms with Crippen molar-refractivity contribution in [1.29, 1.82) is 0 Å². The van der Waals surface area contributed by atoms with E-state index in [2.05, 4.69) is 10.3 Å². The third kappa shape index (κ3) is 2.80. The number of hydrogen-bond donors (Lipinski definition) is 1. The van der Waals surface area contributed by atoms with Gasteiger partial charge >= 0.3 is 0 Å². The van der Waals surface area contributed by atoms with Crippen LogP contribution < -0.4 is 5.32 Å². The Kier molecular flexibility index (Phi) is 2.82. The lowest BCUT2D eigenvalue weighted by atomic mass is 10.2. The molecule has 1 aromatic heterocycles. The van der Waals surface area contributed by atoms with E-state index in [0.29, 0.717) is 6.42 Å². The summed E-state index contributed by atoms with van der Waals surface area (Å²) in [5.74, 6) is 0.921. The summed E-state index contributed by atoms with van der Waals surface area (Å²) in [5, 5.41) is 5.48. The summed E-state index contributed by atoms with van der Waals surface area (Å²) in [6.45, 7) is 1.93. The monoisotopic (exact) mass is 210 g/mol. The van der Waals surface area contributed by atoms with Crippen LogP contribution in [0.4, 0.5) is 5.13 Å². The largest absolute Gasteiger partial charge is 0.302 e. The van der Waals surface area contributed by atoms with Crippen molar-refractivity contribution in [3.8, 4) is 0 Å². The summed E-state index contributed by atoms with van der Waals surface area (Å²) in [4.78, 5) is 15.6. The maximum Gasteiger partial charge on any atom is 0.226 e. The number of carbonyl (C=O) groups is 1. The van der Waals surface area contributed by atoms with Crippen molar-refractivity contribution in [2.75, 3.05) is 5.32 Å². The molecule has 0 saturated heterocycles. The zero-order valence-electron chi connectivity index (χ0n) is 8.25. The number of anilines is 1. The van der Waals surface area contributed by atoms with Crippen LogP contribution in [0, 0.1) is 12.8 Å². The second-order valence-electron chi connectivity index (χ2n) is 3.82. The van der Waals surface area contributed by atoms with Gasteiger partial charge in [-0.3, -0.25) is 4.79 Å². The van der Waals surface area contributed by atoms with Crippen LogP contribution >= 0.6 is 11.3 Å². The third-order valence-electron chi connectivity index (χ3n) is 2.34. The standard InChI is InChI=1S/C10H14N2OS/c1-7-6-14-10(11-7)12-9(13)5-4-8-2-3-8/h6,8H,2-5H2,1H3,(H,11,12,13). The normalized spacial score (nSPS) is 15.5. The Balaban J connectivity index is 1.75. The van der Waals surface area contributed by atoms with Crippen LogP contribution in [-0.2, 0) is 4.79 Å². The molecular formula is C10H14N2OS. The number of aryl methyl sites for hydroxylation is 1. The predicted octanol–water partition coefficient (Wildman–Crippen LogP) is 2.58. The van der Waals surface area contributed by atoms with Gasteiger partial charge in [-0.1, -0.05) is 12.8 Å². The molecule has 1 aliphatic rings. The van der Waals surface area contributed by atoms with Gasteiger partial charge < -0.3 is 5.32 Å². The maximum absolute atomic E-state index is 11.4. The van der Waals surface area contributed by atoms with Crippen LogP contribution in [-0.4, -0.2) is 10.9 Å². The zero-order chi connectivity index (χ0) is 9.97. The third-order valence-corrected chi connectivity index (χ3v) is 3.22. The number of thiazole rings is 1. The molecule has 1 amide bonds. The maximum atomic E-state index is 11.4. The molecule has 76 valence electrons. The number of rotatable bonds is 4. The van der Waals surface area contributed by atoms with Crippen molar-refractivity contribution in [3.63, 3.8) is 0 Å². The van der Waals surface area contributed by atoms with Crippen molar-refractivity contribution >= 4 is 22.4 Å². The van der Waals surface area contributed by atoms with Crippen molar-refractivity contribution in [2.24, 2.45) is 5.92 Å². The molecule has 3 nitrogen and oxygen atoms in total. The Morgan fingerprint density at radius 1 is 1.71 bits per heavy atom. The van der Waals surface area contributed by atoms with E-state index in [9.17, 15) is 4.79 Å². The highest BCUT2D eigenvalue weighted by Crippen LogP contribution is 2.33. The summed E-state index contributed by atoms with van der Waals surface area (Å²) in [5.41, 5.74) is 0.965. The predicted molar refractivity (Wildman–Crippen MR) is 57.4 cm³/mol. The first kappa shape index (κ1) is 9.65. The molecule has 0 atom stereocenters. The van der Waals surface area contributed by atoms with E-state index in [1.807, 2.05) is 12.3 Å². The second-order valence-corrected chi connectivity index (χ2v) is 4.68. The van der Waals surface area contributed by atoms with E-state index in [4.69, 9.17) is 0 Å². The van der Waals surface area contributed by atoms with Gasteiger partial charge in [0.25, 0.3) is 0 Å². The number of nitrogens with one attached hydrogen (secondary N) is 1. The van der Waals surface area contributed by atoms with E-state index in [0.717, 1.165) is 23.2 Å². The van der Waals surface area contributed by atoms with E-state index >= 15 is 0 Å². The molecule has 0 aromatic carbocycles. The van der Waals surface area contributed by atoms with Gasteiger partial charge in [0.05, 0.1) is 5.69 Å². The highest BCUT2D eigenvalue weighted by Gasteiger charge is 2.21. The fourth-order valence-electron chi connectivity index (χ4n) is 1.33. The first-order valence-corrected chi connectivity index (χ1v) is 5.84. The average Bonchev–Trinajstić information content (AvgIpc) is 2.88. The number of carbonyl (C=O) groups excluding carboxylic acids is 1. The lowest BCUT2D eigenvalue weighted by Gasteiger charge is -1.99. The first-order valence-electron chi connectivity index (χ1n) is 4.96. The van der Waals surface area contributed by atoms with Gasteiger partial charge in [0.1, 0.15) is 0 Å². The molecule has 1 fully saturated rings. The average molecular weight is 210 g/mol. The Labute approximate surface area is 87.6 Å². The molecule has 1 heterocycles. The van der Waals surface area contributed by atoms with E-state index in [1.54, 1.807) is 0 Å². The van der Waals surface area contributed by atoms with Crippen molar-refractivity contribution < 1.29 is 4.79 Å². The van der Waals surface area contributed by atoms with Crippen LogP contribution in [0.1, 0.15) is 31.4 Å². The van der Waals surface area contributed by atoms with Crippen LogP contribution in [0.3, 0.4) is 0 Å². The molecule has 2 rings (SSSR count). The number of amides is 1. The molecule has 0 spiro atoms. The molecule has 1 aliphatic carbocycles. The Morgan fingerprint density at radius 2 is 2.50 bits per heavy atom. The number of nitrogens with zero attached hydrogens (tertiary/aromatic N) is 1. The minimum atomic E-state index is 0.103. The second kappa shape index (κ2) is 4.09. The number of hydrogen-bond acceptors (Lipinski definition) is 3. The van der Waals surface area contributed by atoms with Gasteiger partial charge in [-0.2, -0.15) is 0 Å². The van der Waals surface area contributed by atoms with Gasteiger partial charge in [-0.05, 0) is 19.3 Å². The highest BCUT2D eigenvalue weighted by molar-refractivity contribution is 7.13. The Bertz CT molecular complexity index is 331. The lowest BCUT2D eigenvalue weighted by Crippen LogP contribution is -2.11. The van der Waals surface area contributed by atoms with E-state index < -0.39 is 0 Å². The summed E-state index contributed by atoms with van der Waals surface area (Å²) in [6, 6.07) is 0. The SMILES string of the molecule is Cc1csc(NC(=O)CCC2CC2)n1. The zero-order valence-corrected chi connectivity index (χ0v) is 9.06. The van der Waals surface area contributed by atoms with Gasteiger partial charge in [0.15, 0.2) is 5.13 Å². The Morgan fingerprint density at radius 3 is 3.07 bits per heavy atom. The highest BCUT2D eigenvalue weighted by atomic mass is 32.1. The van der Waals surface area contributed by atoms with Crippen molar-refractivity contribution in [3.05, 3.63) is 11.1 Å². The summed E-state index contributed by atoms with van der Waals surface area (Å²) >= 11 is 1.48. The molecule has 0 bridgehead atoms. The summed E-state index contributed by atoms with van der Waals surface area (Å²) in [6.07, 6.45) is 4.30. The van der Waals surface area contributed by atoms with E-state index in [1.165, 1.54) is 24.2 Å². The molecule has 0 radical (unpaired) electrons. The smallest absolute Gasteiger partial charge is 0.226 e. The summed E-state index contributed by atoms with van der Waals surface area (Å²) in [7, 11) is 0. The van der Waals surface area contributed by atoms with E-state index in [-0.39, 0.29) is 5.91 Å². The minimum Gasteiger partial charge on any atom is -0.302 e. The molecule has 1 aromatic rings. The molecular weight excluding hydrogens is 196 g/mol. The van der Waals surface area contributed by atoms with Gasteiger partial charge in [0, 0.05) is 11.8 Å². The summed E-state index contributed by atoms with van der Waals surface area (Å²) < 4.78 is 0. The van der Waals surface area contributed by atoms with Crippen molar-refractivity contribution in [2.45, 2.75) is 32.6 Å². The van der Waals surface area contributed by atoms with Crippen LogP contribution in [0.2, 0.25) is 0 Å². The van der Waals surface area contributed by atoms with Crippen LogP contribution in [0.15, 0.2) is 5.38 Å². The fraction of sp³-hybridized carbons (Fsp3) is 0.600. The van der Waals surface area contributed by atoms with Gasteiger partial charge in [-0.25, -0.2) is 4.98 Å². The van der Waals surface area contributed by atoms with Crippen molar-refractivity contribution in [1.82, 2.24) is 4.98 Å². The molecule has 1 N–H and O–H groups in total. The lowest BCUT2D eigenvalue weighted by molar-refractivity contribution is -0.116. The van der Waals surface area contributed by atoms with Gasteiger partial charge in [0.2, 0.25) is 5.91 Å². The van der Waals surface area contributed by atoms with Crippen LogP contribution in [0.5, 0.6) is 0 Å². The molecule has 14 heavy (non-hydrogen) atoms. The van der Waals surface area contributed by atoms with Crippen LogP contribution in [0.25, 0.3) is 0 Å². The topological polar surface area (TPSA) is 42.0 Å². The quantitative estimate of drug-likeness (QED) is 0.830. The van der Waals surface area contributed by atoms with Gasteiger partial charge in [-0.15, -0.1) is 11.3 Å². The first-order chi connectivity index (χ1) is 6.74. The molecule has 0 unspecified atom stereocenters. The minimum absolute atomic E-state index is 0.103. The Hall–Kier alpha value is -0.900. The molecule has 1 saturated carbocycles.